The number of carbonyl (C=O) groups is 1. The minimum Gasteiger partial charge on any atom is -0.449 e. The van der Waals surface area contributed by atoms with Crippen LogP contribution in [0.15, 0.2) is 48.9 Å². The van der Waals surface area contributed by atoms with E-state index in [9.17, 15) is 15.0 Å². The molecule has 4 atom stereocenters. The molecule has 0 bridgehead atoms. The van der Waals surface area contributed by atoms with Crippen molar-refractivity contribution >= 4 is 39.7 Å². The smallest absolute Gasteiger partial charge is 0.412 e. The summed E-state index contributed by atoms with van der Waals surface area (Å²) in [6, 6.07) is 11.2. The SMILES string of the molecule is CCCCCOC(=O)Nc1ccc2ccc(CC[C@@]3(C)C[C@@H](n4ccc5c(N)ncnc54)[C@H](O)[C@@]3(C)O)cc2n1. The summed E-state index contributed by atoms with van der Waals surface area (Å²) < 4.78 is 7.14. The summed E-state index contributed by atoms with van der Waals surface area (Å²) in [6.45, 7) is 6.23. The van der Waals surface area contributed by atoms with Gasteiger partial charge in [0.2, 0.25) is 0 Å². The van der Waals surface area contributed by atoms with Crippen LogP contribution < -0.4 is 11.1 Å². The number of nitrogens with one attached hydrogen (secondary N) is 1. The first-order chi connectivity index (χ1) is 19.1. The van der Waals surface area contributed by atoms with Gasteiger partial charge in [-0.15, -0.1) is 0 Å². The van der Waals surface area contributed by atoms with Crippen molar-refractivity contribution in [3.8, 4) is 0 Å². The highest BCUT2D eigenvalue weighted by Crippen LogP contribution is 2.54. The van der Waals surface area contributed by atoms with E-state index in [4.69, 9.17) is 10.5 Å². The number of pyridine rings is 1. The average molecular weight is 547 g/mol. The second-order valence-corrected chi connectivity index (χ2v) is 11.3. The number of fused-ring (bicyclic) bond motifs is 2. The minimum absolute atomic E-state index is 0.361. The first-order valence-corrected chi connectivity index (χ1v) is 13.9. The van der Waals surface area contributed by atoms with Crippen LogP contribution in [0.5, 0.6) is 0 Å². The predicted molar refractivity (Wildman–Crippen MR) is 155 cm³/mol. The third-order valence-corrected chi connectivity index (χ3v) is 8.65. The Morgan fingerprint density at radius 2 is 2.00 bits per heavy atom. The Morgan fingerprint density at radius 1 is 1.20 bits per heavy atom. The molecule has 5 rings (SSSR count). The fourth-order valence-electron chi connectivity index (χ4n) is 5.84. The Morgan fingerprint density at radius 3 is 2.80 bits per heavy atom. The summed E-state index contributed by atoms with van der Waals surface area (Å²) >= 11 is 0. The number of aryl methyl sites for hydroxylation is 1. The van der Waals surface area contributed by atoms with Crippen LogP contribution in [0.1, 0.15) is 64.5 Å². The Labute approximate surface area is 233 Å². The lowest BCUT2D eigenvalue weighted by Gasteiger charge is -2.38. The monoisotopic (exact) mass is 546 g/mol. The fourth-order valence-corrected chi connectivity index (χ4v) is 5.84. The minimum atomic E-state index is -1.32. The van der Waals surface area contributed by atoms with Gasteiger partial charge >= 0.3 is 6.09 Å². The summed E-state index contributed by atoms with van der Waals surface area (Å²) in [7, 11) is 0. The number of nitrogen functional groups attached to an aromatic ring is 1. The zero-order valence-electron chi connectivity index (χ0n) is 23.3. The van der Waals surface area contributed by atoms with E-state index in [2.05, 4.69) is 33.3 Å². The Hall–Kier alpha value is -3.76. The summed E-state index contributed by atoms with van der Waals surface area (Å²) in [4.78, 5) is 25.2. The first kappa shape index (κ1) is 27.8. The van der Waals surface area contributed by atoms with Crippen molar-refractivity contribution in [3.05, 3.63) is 54.5 Å². The highest BCUT2D eigenvalue weighted by molar-refractivity contribution is 5.87. The van der Waals surface area contributed by atoms with Gasteiger partial charge in [-0.2, -0.15) is 0 Å². The lowest BCUT2D eigenvalue weighted by atomic mass is 9.72. The normalized spacial score (nSPS) is 24.5. The van der Waals surface area contributed by atoms with Crippen molar-refractivity contribution in [1.29, 1.82) is 0 Å². The summed E-state index contributed by atoms with van der Waals surface area (Å²) in [5, 5.41) is 27.2. The van der Waals surface area contributed by atoms with Crippen molar-refractivity contribution in [2.45, 2.75) is 77.0 Å². The molecule has 40 heavy (non-hydrogen) atoms. The predicted octanol–water partition coefficient (Wildman–Crippen LogP) is 5.00. The van der Waals surface area contributed by atoms with E-state index < -0.39 is 23.2 Å². The Balaban J connectivity index is 1.30. The number of aliphatic hydroxyl groups is 2. The maximum Gasteiger partial charge on any atom is 0.412 e. The van der Waals surface area contributed by atoms with Gasteiger partial charge in [0.25, 0.3) is 0 Å². The van der Waals surface area contributed by atoms with Crippen molar-refractivity contribution in [1.82, 2.24) is 19.5 Å². The molecule has 0 aliphatic heterocycles. The van der Waals surface area contributed by atoms with Gasteiger partial charge in [-0.25, -0.2) is 19.7 Å². The number of nitrogens with zero attached hydrogens (tertiary/aromatic N) is 4. The van der Waals surface area contributed by atoms with E-state index in [-0.39, 0.29) is 6.04 Å². The van der Waals surface area contributed by atoms with Crippen LogP contribution in [-0.2, 0) is 11.2 Å². The van der Waals surface area contributed by atoms with Crippen LogP contribution in [-0.4, -0.2) is 54.1 Å². The standard InChI is InChI=1S/C30H38N6O4/c1-4-5-6-15-40-28(38)35-24-10-9-20-8-7-19(16-22(20)34-24)11-13-29(2)17-23(25(37)30(29,3)39)36-14-12-21-26(31)32-18-33-27(21)36/h7-10,12,14,16,18,23,25,37,39H,4-6,11,13,15,17H2,1-3H3,(H2,31,32,33)(H,34,35,38)/t23-,25+,29+,30-/m1/s1. The van der Waals surface area contributed by atoms with Crippen LogP contribution in [0.3, 0.4) is 0 Å². The largest absolute Gasteiger partial charge is 0.449 e. The molecule has 10 heteroatoms. The van der Waals surface area contributed by atoms with Crippen molar-refractivity contribution < 1.29 is 19.7 Å². The van der Waals surface area contributed by atoms with Gasteiger partial charge in [-0.05, 0) is 62.4 Å². The molecule has 3 heterocycles. The van der Waals surface area contributed by atoms with Crippen molar-refractivity contribution in [2.24, 2.45) is 5.41 Å². The maximum atomic E-state index is 12.1. The molecule has 10 nitrogen and oxygen atoms in total. The molecule has 0 unspecified atom stereocenters. The molecule has 0 radical (unpaired) electrons. The number of unbranched alkanes of at least 4 members (excludes halogenated alkanes) is 2. The van der Waals surface area contributed by atoms with E-state index in [0.29, 0.717) is 43.2 Å². The lowest BCUT2D eigenvalue weighted by Crippen LogP contribution is -2.47. The molecule has 1 aliphatic carbocycles. The number of carbonyl (C=O) groups excluding carboxylic acids is 1. The second-order valence-electron chi connectivity index (χ2n) is 11.3. The molecular weight excluding hydrogens is 508 g/mol. The first-order valence-electron chi connectivity index (χ1n) is 13.9. The highest BCUT2D eigenvalue weighted by Gasteiger charge is 2.58. The van der Waals surface area contributed by atoms with Crippen LogP contribution in [0, 0.1) is 5.41 Å². The van der Waals surface area contributed by atoms with Gasteiger partial charge in [0.05, 0.1) is 29.2 Å². The third kappa shape index (κ3) is 5.21. The zero-order chi connectivity index (χ0) is 28.5. The third-order valence-electron chi connectivity index (χ3n) is 8.65. The number of aliphatic hydroxyl groups excluding tert-OH is 1. The molecular formula is C30H38N6O4. The van der Waals surface area contributed by atoms with Gasteiger partial charge in [-0.3, -0.25) is 5.32 Å². The van der Waals surface area contributed by atoms with Gasteiger partial charge < -0.3 is 25.3 Å². The molecule has 3 aromatic heterocycles. The Bertz CT molecular complexity index is 1520. The van der Waals surface area contributed by atoms with Crippen LogP contribution in [0.2, 0.25) is 0 Å². The number of anilines is 2. The summed E-state index contributed by atoms with van der Waals surface area (Å²) in [5.41, 5.74) is 6.59. The van der Waals surface area contributed by atoms with Crippen LogP contribution in [0.25, 0.3) is 21.9 Å². The number of benzene rings is 1. The number of aromatic nitrogens is 4. The summed E-state index contributed by atoms with van der Waals surface area (Å²) in [6.07, 6.45) is 6.59. The molecule has 1 aliphatic rings. The van der Waals surface area contributed by atoms with Crippen LogP contribution >= 0.6 is 0 Å². The number of rotatable bonds is 9. The van der Waals surface area contributed by atoms with Crippen molar-refractivity contribution in [2.75, 3.05) is 17.7 Å². The van der Waals surface area contributed by atoms with Gasteiger partial charge in [0, 0.05) is 17.0 Å². The quantitative estimate of drug-likeness (QED) is 0.214. The maximum absolute atomic E-state index is 12.1. The average Bonchev–Trinajstić information content (AvgIpc) is 3.44. The van der Waals surface area contributed by atoms with Gasteiger partial charge in [-0.1, -0.05) is 38.8 Å². The number of ether oxygens (including phenoxy) is 1. The number of amides is 1. The second kappa shape index (κ2) is 11.0. The van der Waals surface area contributed by atoms with Crippen molar-refractivity contribution in [3.63, 3.8) is 0 Å². The fraction of sp³-hybridized carbons (Fsp3) is 0.467. The van der Waals surface area contributed by atoms with Gasteiger partial charge in [0.1, 0.15) is 29.7 Å². The molecule has 1 saturated carbocycles. The Kier molecular flexibility index (Phi) is 7.65. The van der Waals surface area contributed by atoms with Gasteiger partial charge in [0.15, 0.2) is 0 Å². The van der Waals surface area contributed by atoms with E-state index in [1.807, 2.05) is 42.0 Å². The zero-order valence-corrected chi connectivity index (χ0v) is 23.3. The molecule has 5 N–H and O–H groups in total. The molecule has 212 valence electrons. The van der Waals surface area contributed by atoms with E-state index >= 15 is 0 Å². The number of hydrogen-bond acceptors (Lipinski definition) is 8. The lowest BCUT2D eigenvalue weighted by molar-refractivity contribution is -0.110. The number of hydrogen-bond donors (Lipinski definition) is 4. The highest BCUT2D eigenvalue weighted by atomic mass is 16.5. The molecule has 1 aromatic carbocycles. The van der Waals surface area contributed by atoms with E-state index in [0.717, 1.165) is 41.1 Å². The topological polar surface area (TPSA) is 148 Å². The van der Waals surface area contributed by atoms with E-state index in [1.54, 1.807) is 13.0 Å². The molecule has 0 saturated heterocycles. The molecule has 1 amide bonds. The molecule has 4 aromatic rings. The molecule has 0 spiro atoms. The summed E-state index contributed by atoms with van der Waals surface area (Å²) in [5.74, 6) is 0.822. The molecule has 1 fully saturated rings. The van der Waals surface area contributed by atoms with E-state index in [1.165, 1.54) is 6.33 Å². The number of nitrogens with two attached hydrogens (primary N) is 1. The van der Waals surface area contributed by atoms with Crippen LogP contribution in [0.4, 0.5) is 16.4 Å².